The molecule has 1 aliphatic carbocycles. The van der Waals surface area contributed by atoms with Crippen molar-refractivity contribution in [2.75, 3.05) is 12.3 Å². The average Bonchev–Trinajstić information content (AvgIpc) is 3.09. The van der Waals surface area contributed by atoms with E-state index in [2.05, 4.69) is 57.3 Å². The van der Waals surface area contributed by atoms with E-state index in [0.717, 1.165) is 31.0 Å². The molecule has 1 N–H and O–H groups in total. The van der Waals surface area contributed by atoms with Crippen molar-refractivity contribution in [3.05, 3.63) is 64.6 Å². The van der Waals surface area contributed by atoms with Gasteiger partial charge in [-0.2, -0.15) is 0 Å². The van der Waals surface area contributed by atoms with Crippen LogP contribution in [0.5, 0.6) is 0 Å². The van der Waals surface area contributed by atoms with E-state index in [0.29, 0.717) is 12.3 Å². The molecule has 1 aromatic carbocycles. The van der Waals surface area contributed by atoms with Crippen LogP contribution in [-0.4, -0.2) is 33.0 Å². The second-order valence-electron chi connectivity index (χ2n) is 6.85. The fourth-order valence-corrected chi connectivity index (χ4v) is 4.62. The van der Waals surface area contributed by atoms with Crippen molar-refractivity contribution in [2.45, 2.75) is 36.4 Å². The highest BCUT2D eigenvalue weighted by atomic mass is 32.2. The fourth-order valence-electron chi connectivity index (χ4n) is 3.15. The number of rotatable bonds is 9. The number of amides is 1. The Kier molecular flexibility index (Phi) is 5.59. The highest BCUT2D eigenvalue weighted by Crippen LogP contribution is 2.47. The molecule has 0 aliphatic heterocycles. The van der Waals surface area contributed by atoms with Gasteiger partial charge in [-0.15, -0.1) is 21.5 Å². The quantitative estimate of drug-likeness (QED) is 0.560. The summed E-state index contributed by atoms with van der Waals surface area (Å²) in [6, 6.07) is 14.7. The molecule has 0 radical (unpaired) electrons. The summed E-state index contributed by atoms with van der Waals surface area (Å²) in [4.78, 5) is 13.7. The minimum absolute atomic E-state index is 0.0509. The monoisotopic (exact) mass is 398 g/mol. The van der Waals surface area contributed by atoms with E-state index in [1.807, 2.05) is 10.6 Å². The molecular formula is C20H22N4OS2. The van der Waals surface area contributed by atoms with Crippen LogP contribution in [0.25, 0.3) is 0 Å². The van der Waals surface area contributed by atoms with Gasteiger partial charge in [0.1, 0.15) is 6.33 Å². The zero-order chi connectivity index (χ0) is 18.5. The van der Waals surface area contributed by atoms with Crippen LogP contribution in [0.15, 0.2) is 59.3 Å². The van der Waals surface area contributed by atoms with Crippen molar-refractivity contribution in [1.29, 1.82) is 0 Å². The number of nitrogens with zero attached hydrogens (tertiary/aromatic N) is 3. The Hall–Kier alpha value is -2.12. The van der Waals surface area contributed by atoms with E-state index >= 15 is 0 Å². The van der Waals surface area contributed by atoms with E-state index in [4.69, 9.17) is 0 Å². The van der Waals surface area contributed by atoms with Gasteiger partial charge in [0, 0.05) is 23.4 Å². The van der Waals surface area contributed by atoms with Gasteiger partial charge >= 0.3 is 0 Å². The maximum absolute atomic E-state index is 12.3. The molecule has 1 aliphatic rings. The Balaban J connectivity index is 1.25. The van der Waals surface area contributed by atoms with Crippen LogP contribution in [0.2, 0.25) is 0 Å². The van der Waals surface area contributed by atoms with E-state index < -0.39 is 0 Å². The second-order valence-corrected chi connectivity index (χ2v) is 8.82. The van der Waals surface area contributed by atoms with Gasteiger partial charge in [0.2, 0.25) is 5.91 Å². The zero-order valence-electron chi connectivity index (χ0n) is 15.0. The number of hydrogen-bond acceptors (Lipinski definition) is 5. The topological polar surface area (TPSA) is 59.8 Å². The zero-order valence-corrected chi connectivity index (χ0v) is 16.6. The summed E-state index contributed by atoms with van der Waals surface area (Å²) in [5.41, 5.74) is 1.47. The first-order valence-corrected chi connectivity index (χ1v) is 11.0. The molecule has 0 spiro atoms. The molecule has 5 nitrogen and oxygen atoms in total. The largest absolute Gasteiger partial charge is 0.354 e. The van der Waals surface area contributed by atoms with Crippen LogP contribution >= 0.6 is 23.1 Å². The minimum atomic E-state index is 0.0509. The van der Waals surface area contributed by atoms with Crippen LogP contribution < -0.4 is 5.32 Å². The summed E-state index contributed by atoms with van der Waals surface area (Å²) < 4.78 is 2.02. The average molecular weight is 399 g/mol. The highest BCUT2D eigenvalue weighted by molar-refractivity contribution is 7.99. The first-order chi connectivity index (χ1) is 13.3. The van der Waals surface area contributed by atoms with Crippen LogP contribution in [0, 0.1) is 0 Å². The Bertz CT molecular complexity index is 873. The van der Waals surface area contributed by atoms with Crippen molar-refractivity contribution in [2.24, 2.45) is 0 Å². The summed E-state index contributed by atoms with van der Waals surface area (Å²) in [6.45, 7) is 1.54. The third kappa shape index (κ3) is 4.59. The number of benzene rings is 1. The van der Waals surface area contributed by atoms with Crippen LogP contribution in [0.3, 0.4) is 0 Å². The molecule has 7 heteroatoms. The van der Waals surface area contributed by atoms with Gasteiger partial charge in [0.05, 0.1) is 5.75 Å². The fraction of sp³-hybridized carbons (Fsp3) is 0.350. The predicted octanol–water partition coefficient (Wildman–Crippen LogP) is 3.52. The number of thioether (sulfide) groups is 1. The van der Waals surface area contributed by atoms with E-state index in [1.54, 1.807) is 17.7 Å². The molecular weight excluding hydrogens is 376 g/mol. The van der Waals surface area contributed by atoms with Crippen molar-refractivity contribution >= 4 is 29.0 Å². The van der Waals surface area contributed by atoms with Gasteiger partial charge in [0.25, 0.3) is 0 Å². The molecule has 4 rings (SSSR count). The molecule has 0 bridgehead atoms. The van der Waals surface area contributed by atoms with Crippen LogP contribution in [-0.2, 0) is 23.2 Å². The van der Waals surface area contributed by atoms with Gasteiger partial charge in [-0.25, -0.2) is 0 Å². The molecule has 0 atom stereocenters. The summed E-state index contributed by atoms with van der Waals surface area (Å²) >= 11 is 3.20. The number of nitrogens with one attached hydrogen (secondary N) is 1. The van der Waals surface area contributed by atoms with Gasteiger partial charge in [-0.05, 0) is 36.3 Å². The molecule has 1 amide bonds. The number of carbonyl (C=O) groups excluding carboxylic acids is 1. The number of carbonyl (C=O) groups is 1. The first-order valence-electron chi connectivity index (χ1n) is 9.10. The molecule has 0 saturated heterocycles. The lowest BCUT2D eigenvalue weighted by Crippen LogP contribution is -2.33. The molecule has 1 fully saturated rings. The normalized spacial score (nSPS) is 14.8. The molecule has 0 unspecified atom stereocenters. The maximum Gasteiger partial charge on any atom is 0.230 e. The summed E-state index contributed by atoms with van der Waals surface area (Å²) in [5, 5.41) is 14.1. The summed E-state index contributed by atoms with van der Waals surface area (Å²) in [6.07, 6.45) is 4.97. The number of hydrogen-bond donors (Lipinski definition) is 1. The standard InChI is InChI=1S/C20H22N4OS2/c25-18(21-14-20(9-10-20)16-5-2-1-3-6-16)13-27-19-23-22-15-24(19)11-8-17-7-4-12-26-17/h1-7,12,15H,8-11,13-14H2,(H,21,25). The third-order valence-corrected chi connectivity index (χ3v) is 6.87. The Labute approximate surface area is 167 Å². The first kappa shape index (κ1) is 18.3. The van der Waals surface area contributed by atoms with E-state index in [1.165, 1.54) is 22.2 Å². The smallest absolute Gasteiger partial charge is 0.230 e. The summed E-state index contributed by atoms with van der Waals surface area (Å²) in [7, 11) is 0. The molecule has 2 aromatic heterocycles. The molecule has 27 heavy (non-hydrogen) atoms. The Morgan fingerprint density at radius 1 is 1.22 bits per heavy atom. The minimum Gasteiger partial charge on any atom is -0.354 e. The van der Waals surface area contributed by atoms with E-state index in [-0.39, 0.29) is 11.3 Å². The van der Waals surface area contributed by atoms with Crippen LogP contribution in [0.4, 0.5) is 0 Å². The van der Waals surface area contributed by atoms with Crippen LogP contribution in [0.1, 0.15) is 23.3 Å². The maximum atomic E-state index is 12.3. The SMILES string of the molecule is O=C(CSc1nncn1CCc1cccs1)NCC1(c2ccccc2)CC1. The predicted molar refractivity (Wildman–Crippen MR) is 109 cm³/mol. The Morgan fingerprint density at radius 3 is 2.81 bits per heavy atom. The number of aromatic nitrogens is 3. The lowest BCUT2D eigenvalue weighted by Gasteiger charge is -2.16. The van der Waals surface area contributed by atoms with Crippen molar-refractivity contribution in [3.63, 3.8) is 0 Å². The highest BCUT2D eigenvalue weighted by Gasteiger charge is 2.44. The summed E-state index contributed by atoms with van der Waals surface area (Å²) in [5.74, 6) is 0.415. The molecule has 3 aromatic rings. The molecule has 1 saturated carbocycles. The van der Waals surface area contributed by atoms with Gasteiger partial charge < -0.3 is 9.88 Å². The lowest BCUT2D eigenvalue weighted by atomic mass is 9.96. The van der Waals surface area contributed by atoms with Gasteiger partial charge in [0.15, 0.2) is 5.16 Å². The van der Waals surface area contributed by atoms with Gasteiger partial charge in [-0.1, -0.05) is 48.2 Å². The number of thiophene rings is 1. The van der Waals surface area contributed by atoms with Crippen molar-refractivity contribution < 1.29 is 4.79 Å². The Morgan fingerprint density at radius 2 is 2.07 bits per heavy atom. The second kappa shape index (κ2) is 8.27. The van der Waals surface area contributed by atoms with Crippen molar-refractivity contribution in [3.8, 4) is 0 Å². The van der Waals surface area contributed by atoms with Gasteiger partial charge in [-0.3, -0.25) is 4.79 Å². The molecule has 140 valence electrons. The third-order valence-electron chi connectivity index (χ3n) is 4.96. The molecule has 2 heterocycles. The van der Waals surface area contributed by atoms with Crippen molar-refractivity contribution in [1.82, 2.24) is 20.1 Å². The lowest BCUT2D eigenvalue weighted by molar-refractivity contribution is -0.118. The number of aryl methyl sites for hydroxylation is 2. The van der Waals surface area contributed by atoms with E-state index in [9.17, 15) is 4.79 Å².